The van der Waals surface area contributed by atoms with Gasteiger partial charge in [-0.1, -0.05) is 154 Å². The molecule has 1 rings (SSSR count). The predicted octanol–water partition coefficient (Wildman–Crippen LogP) is 9.62. The van der Waals surface area contributed by atoms with Crippen molar-refractivity contribution in [3.63, 3.8) is 0 Å². The topological polar surface area (TPSA) is 210 Å². The number of hydrogen-bond acceptors (Lipinski definition) is 12. The minimum absolute atomic E-state index is 0.0873. The van der Waals surface area contributed by atoms with Gasteiger partial charge in [0, 0.05) is 12.8 Å². The Morgan fingerprint density at radius 2 is 0.836 bits per heavy atom. The minimum Gasteiger partial charge on any atom is -0.462 e. The van der Waals surface area contributed by atoms with Crippen LogP contribution in [0.15, 0.2) is 24.3 Å². The van der Waals surface area contributed by atoms with E-state index in [1.54, 1.807) is 0 Å². The molecule has 0 aromatic carbocycles. The van der Waals surface area contributed by atoms with E-state index in [9.17, 15) is 44.6 Å². The van der Waals surface area contributed by atoms with Crippen molar-refractivity contribution in [1.82, 2.24) is 0 Å². The van der Waals surface area contributed by atoms with E-state index in [1.165, 1.54) is 96.3 Å². The second-order valence-corrected chi connectivity index (χ2v) is 18.4. The van der Waals surface area contributed by atoms with Crippen molar-refractivity contribution in [2.75, 3.05) is 13.2 Å². The molecule has 6 N–H and O–H groups in total. The van der Waals surface area contributed by atoms with E-state index in [0.717, 1.165) is 70.6 Å². The zero-order valence-corrected chi connectivity index (χ0v) is 38.9. The molecule has 0 spiro atoms. The lowest BCUT2D eigenvalue weighted by Crippen LogP contribution is -2.64. The molecule has 0 radical (unpaired) electrons. The number of phosphoric acid groups is 1. The number of phosphoric ester groups is 1. The number of carbonyl (C=O) groups excluding carboxylic acids is 2. The van der Waals surface area contributed by atoms with Crippen LogP contribution in [0.1, 0.15) is 206 Å². The van der Waals surface area contributed by atoms with Crippen LogP contribution in [0, 0.1) is 0 Å². The van der Waals surface area contributed by atoms with Crippen LogP contribution in [0.5, 0.6) is 0 Å². The fourth-order valence-corrected chi connectivity index (χ4v) is 8.31. The number of aliphatic hydroxyl groups excluding tert-OH is 5. The molecular formula is C47H87O13P. The van der Waals surface area contributed by atoms with Crippen molar-refractivity contribution < 1.29 is 63.1 Å². The summed E-state index contributed by atoms with van der Waals surface area (Å²) in [5.74, 6) is -1.11. The van der Waals surface area contributed by atoms with Gasteiger partial charge in [-0.3, -0.25) is 18.6 Å². The molecule has 1 aliphatic carbocycles. The van der Waals surface area contributed by atoms with E-state index in [4.69, 9.17) is 18.5 Å². The summed E-state index contributed by atoms with van der Waals surface area (Å²) >= 11 is 0. The first kappa shape index (κ1) is 57.3. The summed E-state index contributed by atoms with van der Waals surface area (Å²) < 4.78 is 33.5. The van der Waals surface area contributed by atoms with Gasteiger partial charge in [-0.15, -0.1) is 0 Å². The second-order valence-electron chi connectivity index (χ2n) is 17.0. The highest BCUT2D eigenvalue weighted by Crippen LogP contribution is 2.47. The molecule has 8 atom stereocenters. The first-order chi connectivity index (χ1) is 29.4. The van der Waals surface area contributed by atoms with Crippen LogP contribution in [0.25, 0.3) is 0 Å². The van der Waals surface area contributed by atoms with Crippen molar-refractivity contribution in [1.29, 1.82) is 0 Å². The van der Waals surface area contributed by atoms with Crippen LogP contribution >= 0.6 is 7.82 Å². The monoisotopic (exact) mass is 891 g/mol. The number of esters is 2. The second kappa shape index (κ2) is 37.7. The largest absolute Gasteiger partial charge is 0.472 e. The smallest absolute Gasteiger partial charge is 0.462 e. The lowest BCUT2D eigenvalue weighted by molar-refractivity contribution is -0.220. The Morgan fingerprint density at radius 1 is 0.492 bits per heavy atom. The van der Waals surface area contributed by atoms with Crippen molar-refractivity contribution >= 4 is 19.8 Å². The maximum absolute atomic E-state index is 12.8. The van der Waals surface area contributed by atoms with Gasteiger partial charge in [-0.2, -0.15) is 0 Å². The molecule has 0 saturated heterocycles. The quantitative estimate of drug-likeness (QED) is 0.0147. The Bertz CT molecular complexity index is 1170. The summed E-state index contributed by atoms with van der Waals surface area (Å²) in [4.78, 5) is 35.7. The highest BCUT2D eigenvalue weighted by atomic mass is 31.2. The van der Waals surface area contributed by atoms with Gasteiger partial charge in [0.1, 0.15) is 43.2 Å². The van der Waals surface area contributed by atoms with Crippen LogP contribution in [-0.2, 0) is 32.7 Å². The summed E-state index contributed by atoms with van der Waals surface area (Å²) in [5, 5.41) is 50.1. The molecule has 1 aliphatic rings. The lowest BCUT2D eigenvalue weighted by atomic mass is 9.85. The summed E-state index contributed by atoms with van der Waals surface area (Å²) in [7, 11) is -5.12. The van der Waals surface area contributed by atoms with Crippen molar-refractivity contribution in [3.8, 4) is 0 Å². The van der Waals surface area contributed by atoms with Crippen LogP contribution in [0.2, 0.25) is 0 Å². The number of hydrogen-bond donors (Lipinski definition) is 6. The predicted molar refractivity (Wildman–Crippen MR) is 240 cm³/mol. The van der Waals surface area contributed by atoms with Crippen molar-refractivity contribution in [3.05, 3.63) is 24.3 Å². The molecule has 0 heterocycles. The van der Waals surface area contributed by atoms with E-state index in [2.05, 4.69) is 38.2 Å². The highest BCUT2D eigenvalue weighted by molar-refractivity contribution is 7.47. The molecule has 6 unspecified atom stereocenters. The van der Waals surface area contributed by atoms with E-state index in [-0.39, 0.29) is 12.8 Å². The molecule has 0 aromatic heterocycles. The van der Waals surface area contributed by atoms with Crippen LogP contribution in [-0.4, -0.2) is 98.3 Å². The molecular weight excluding hydrogens is 803 g/mol. The van der Waals surface area contributed by atoms with Crippen molar-refractivity contribution in [2.45, 2.75) is 249 Å². The van der Waals surface area contributed by atoms with Gasteiger partial charge in [0.2, 0.25) is 0 Å². The van der Waals surface area contributed by atoms with E-state index in [1.807, 2.05) is 0 Å². The number of unbranched alkanes of at least 4 members (excludes halogenated alkanes) is 24. The van der Waals surface area contributed by atoms with Gasteiger partial charge in [-0.25, -0.2) is 4.57 Å². The van der Waals surface area contributed by atoms with Gasteiger partial charge in [-0.05, 0) is 64.2 Å². The maximum Gasteiger partial charge on any atom is 0.472 e. The summed E-state index contributed by atoms with van der Waals surface area (Å²) in [5.41, 5.74) is 0. The van der Waals surface area contributed by atoms with Crippen LogP contribution in [0.4, 0.5) is 0 Å². The zero-order valence-electron chi connectivity index (χ0n) is 38.0. The van der Waals surface area contributed by atoms with E-state index >= 15 is 0 Å². The first-order valence-corrected chi connectivity index (χ1v) is 25.6. The molecule has 14 heteroatoms. The van der Waals surface area contributed by atoms with Crippen molar-refractivity contribution in [2.24, 2.45) is 0 Å². The fraction of sp³-hybridized carbons (Fsp3) is 0.872. The Labute approximate surface area is 368 Å². The summed E-state index contributed by atoms with van der Waals surface area (Å²) in [6, 6.07) is 0. The lowest BCUT2D eigenvalue weighted by Gasteiger charge is -2.41. The molecule has 0 aliphatic heterocycles. The molecule has 0 amide bonds. The zero-order chi connectivity index (χ0) is 45.0. The normalized spacial score (nSPS) is 22.2. The van der Waals surface area contributed by atoms with Gasteiger partial charge >= 0.3 is 19.8 Å². The van der Waals surface area contributed by atoms with Gasteiger partial charge in [0.05, 0.1) is 6.61 Å². The number of ether oxygens (including phenoxy) is 2. The standard InChI is InChI=1S/C47H87O13P/c1-3-5-7-9-11-13-15-17-18-19-20-21-22-24-25-27-29-31-33-35-40(48)57-37-39(38-58-61(55,56)60-47-45(53)43(51)42(50)44(52)46(47)54)59-41(49)36-34-32-30-28-26-23-16-14-12-10-8-6-4-2/h14,16,19-20,39,42-47,50-54H,3-13,15,17-18,21-38H2,1-2H3,(H,55,56)/b16-14-,20-19-/t39-,42?,43-,44?,45?,46?,47?/m1/s1. The molecule has 358 valence electrons. The van der Waals surface area contributed by atoms with Crippen LogP contribution < -0.4 is 0 Å². The van der Waals surface area contributed by atoms with Gasteiger partial charge < -0.3 is 39.9 Å². The SMILES string of the molecule is CCCCCC/C=C\CCCCCCCC(=O)O[C@H](COC(=O)CCCCCCCCC/C=C\CCCCCCCCCC)COP(=O)(O)OC1C(O)C(O)C(O)[C@@H](O)C1O. The van der Waals surface area contributed by atoms with E-state index < -0.39 is 75.7 Å². The number of aliphatic hydroxyl groups is 5. The maximum atomic E-state index is 12.8. The Hall–Kier alpha value is -1.67. The van der Waals surface area contributed by atoms with E-state index in [0.29, 0.717) is 12.8 Å². The fourth-order valence-electron chi connectivity index (χ4n) is 7.34. The van der Waals surface area contributed by atoms with Gasteiger partial charge in [0.15, 0.2) is 6.10 Å². The Kier molecular flexibility index (Phi) is 35.4. The Morgan fingerprint density at radius 3 is 1.26 bits per heavy atom. The third-order valence-electron chi connectivity index (χ3n) is 11.3. The number of carbonyl (C=O) groups is 2. The summed E-state index contributed by atoms with van der Waals surface area (Å²) in [6.07, 6.45) is 28.0. The van der Waals surface area contributed by atoms with Gasteiger partial charge in [0.25, 0.3) is 0 Å². The molecule has 61 heavy (non-hydrogen) atoms. The summed E-state index contributed by atoms with van der Waals surface area (Å²) in [6.45, 7) is 3.28. The first-order valence-electron chi connectivity index (χ1n) is 24.1. The number of rotatable bonds is 40. The highest BCUT2D eigenvalue weighted by Gasteiger charge is 2.51. The molecule has 1 fully saturated rings. The third-order valence-corrected chi connectivity index (χ3v) is 12.3. The number of allylic oxidation sites excluding steroid dienone is 4. The molecule has 0 aromatic rings. The average Bonchev–Trinajstić information content (AvgIpc) is 3.24. The molecule has 13 nitrogen and oxygen atoms in total. The van der Waals surface area contributed by atoms with Crippen LogP contribution in [0.3, 0.4) is 0 Å². The molecule has 1 saturated carbocycles. The minimum atomic E-state index is -5.12. The average molecular weight is 891 g/mol. The Balaban J connectivity index is 2.42. The third kappa shape index (κ3) is 30.2. The molecule has 0 bridgehead atoms.